The lowest BCUT2D eigenvalue weighted by molar-refractivity contribution is -0.157. The van der Waals surface area contributed by atoms with E-state index in [9.17, 15) is 19.5 Å². The molecule has 0 aromatic heterocycles. The summed E-state index contributed by atoms with van der Waals surface area (Å²) >= 11 is 0. The lowest BCUT2D eigenvalue weighted by atomic mass is 9.88. The summed E-state index contributed by atoms with van der Waals surface area (Å²) in [5, 5.41) is 17.8. The maximum atomic E-state index is 11.3. The Bertz CT molecular complexity index is 361. The van der Waals surface area contributed by atoms with Crippen molar-refractivity contribution in [3.8, 4) is 0 Å². The Kier molecular flexibility index (Phi) is 8.27. The second kappa shape index (κ2) is 9.12. The highest BCUT2D eigenvalue weighted by Crippen LogP contribution is 2.23. The Morgan fingerprint density at radius 2 is 1.85 bits per heavy atom. The summed E-state index contributed by atoms with van der Waals surface area (Å²) < 4.78 is 5.05. The van der Waals surface area contributed by atoms with Crippen LogP contribution in [0.4, 0.5) is 0 Å². The third-order valence-electron chi connectivity index (χ3n) is 2.85. The van der Waals surface area contributed by atoms with Crippen LogP contribution in [0.25, 0.3) is 0 Å². The van der Waals surface area contributed by atoms with Crippen molar-refractivity contribution in [1.29, 1.82) is 0 Å². The summed E-state index contributed by atoms with van der Waals surface area (Å²) in [4.78, 5) is 32.9. The molecule has 0 spiro atoms. The topological polar surface area (TPSA) is 101 Å². The van der Waals surface area contributed by atoms with Gasteiger partial charge in [0.1, 0.15) is 6.10 Å². The van der Waals surface area contributed by atoms with Gasteiger partial charge >= 0.3 is 17.9 Å². The number of carbonyl (C=O) groups excluding carboxylic acids is 1. The van der Waals surface area contributed by atoms with E-state index >= 15 is 0 Å². The highest BCUT2D eigenvalue weighted by molar-refractivity contribution is 5.82. The number of unbranched alkanes of at least 4 members (excludes halogenated alkanes) is 1. The van der Waals surface area contributed by atoms with E-state index < -0.39 is 35.8 Å². The predicted molar refractivity (Wildman–Crippen MR) is 71.8 cm³/mol. The van der Waals surface area contributed by atoms with E-state index in [-0.39, 0.29) is 12.8 Å². The van der Waals surface area contributed by atoms with Gasteiger partial charge in [-0.15, -0.1) is 0 Å². The van der Waals surface area contributed by atoms with Crippen LogP contribution >= 0.6 is 0 Å². The molecule has 0 aliphatic heterocycles. The van der Waals surface area contributed by atoms with Crippen molar-refractivity contribution in [1.82, 2.24) is 0 Å². The van der Waals surface area contributed by atoms with Crippen LogP contribution in [0.3, 0.4) is 0 Å². The summed E-state index contributed by atoms with van der Waals surface area (Å²) in [6, 6.07) is 0. The summed E-state index contributed by atoms with van der Waals surface area (Å²) in [6.45, 7) is 8.64. The van der Waals surface area contributed by atoms with Gasteiger partial charge in [0.25, 0.3) is 0 Å². The highest BCUT2D eigenvalue weighted by atomic mass is 16.5. The first kappa shape index (κ1) is 18.1. The minimum absolute atomic E-state index is 0.0105. The van der Waals surface area contributed by atoms with Gasteiger partial charge in [-0.25, -0.2) is 4.79 Å². The Morgan fingerprint density at radius 3 is 2.25 bits per heavy atom. The number of ether oxygens (including phenoxy) is 1. The van der Waals surface area contributed by atoms with Gasteiger partial charge in [-0.2, -0.15) is 0 Å². The minimum Gasteiger partial charge on any atom is -0.481 e. The quantitative estimate of drug-likeness (QED) is 0.361. The number of esters is 1. The molecular formula is C14H21O6. The smallest absolute Gasteiger partial charge is 0.330 e. The zero-order valence-electron chi connectivity index (χ0n) is 11.6. The van der Waals surface area contributed by atoms with Crippen molar-refractivity contribution in [2.75, 3.05) is 0 Å². The predicted octanol–water partition coefficient (Wildman–Crippen LogP) is 1.90. The van der Waals surface area contributed by atoms with E-state index in [1.165, 1.54) is 0 Å². The summed E-state index contributed by atoms with van der Waals surface area (Å²) in [5.41, 5.74) is 0. The van der Waals surface area contributed by atoms with Crippen molar-refractivity contribution < 1.29 is 29.3 Å². The largest absolute Gasteiger partial charge is 0.481 e. The van der Waals surface area contributed by atoms with Gasteiger partial charge in [-0.1, -0.05) is 19.9 Å². The normalized spacial score (nSPS) is 13.6. The third-order valence-corrected chi connectivity index (χ3v) is 2.85. The van der Waals surface area contributed by atoms with Crippen molar-refractivity contribution in [2.45, 2.75) is 38.7 Å². The molecule has 0 amide bonds. The Morgan fingerprint density at radius 1 is 1.25 bits per heavy atom. The number of carbonyl (C=O) groups is 3. The molecule has 113 valence electrons. The second-order valence-electron chi connectivity index (χ2n) is 4.67. The number of rotatable bonds is 10. The van der Waals surface area contributed by atoms with Crippen molar-refractivity contribution in [2.24, 2.45) is 11.8 Å². The summed E-state index contributed by atoms with van der Waals surface area (Å²) in [6.07, 6.45) is 1.15. The number of hydrogen-bond donors (Lipinski definition) is 2. The molecule has 0 saturated heterocycles. The van der Waals surface area contributed by atoms with Crippen LogP contribution in [0, 0.1) is 18.8 Å². The van der Waals surface area contributed by atoms with E-state index in [4.69, 9.17) is 9.84 Å². The fraction of sp³-hybridized carbons (Fsp3) is 0.571. The van der Waals surface area contributed by atoms with Gasteiger partial charge in [0.15, 0.2) is 0 Å². The van der Waals surface area contributed by atoms with Crippen molar-refractivity contribution >= 4 is 17.9 Å². The number of hydrogen-bond acceptors (Lipinski definition) is 4. The van der Waals surface area contributed by atoms with Crippen LogP contribution in [0.1, 0.15) is 32.6 Å². The van der Waals surface area contributed by atoms with Gasteiger partial charge < -0.3 is 14.9 Å². The monoisotopic (exact) mass is 285 g/mol. The Hall–Kier alpha value is -1.85. The fourth-order valence-electron chi connectivity index (χ4n) is 1.85. The van der Waals surface area contributed by atoms with Crippen molar-refractivity contribution in [3.05, 3.63) is 19.6 Å². The molecule has 6 heteroatoms. The van der Waals surface area contributed by atoms with Gasteiger partial charge in [0.05, 0.1) is 5.92 Å². The molecule has 0 aliphatic rings. The van der Waals surface area contributed by atoms with Gasteiger partial charge in [-0.3, -0.25) is 9.59 Å². The lowest BCUT2D eigenvalue weighted by Crippen LogP contribution is -2.36. The van der Waals surface area contributed by atoms with E-state index in [1.807, 2.05) is 0 Å². The molecular weight excluding hydrogens is 264 g/mol. The van der Waals surface area contributed by atoms with E-state index in [0.717, 1.165) is 6.08 Å². The first-order valence-corrected chi connectivity index (χ1v) is 6.40. The molecule has 0 aromatic carbocycles. The molecule has 3 unspecified atom stereocenters. The average molecular weight is 285 g/mol. The van der Waals surface area contributed by atoms with Crippen LogP contribution < -0.4 is 0 Å². The first-order chi connectivity index (χ1) is 9.29. The molecule has 0 saturated carbocycles. The van der Waals surface area contributed by atoms with Gasteiger partial charge in [0, 0.05) is 12.5 Å². The molecule has 1 radical (unpaired) electrons. The molecule has 0 aliphatic carbocycles. The van der Waals surface area contributed by atoms with Crippen LogP contribution in [-0.4, -0.2) is 34.2 Å². The number of carboxylic acid groups (broad SMARTS) is 2. The summed E-state index contributed by atoms with van der Waals surface area (Å²) in [7, 11) is 0. The molecule has 0 bridgehead atoms. The Labute approximate surface area is 118 Å². The van der Waals surface area contributed by atoms with Crippen LogP contribution in [0.2, 0.25) is 0 Å². The third kappa shape index (κ3) is 6.92. The van der Waals surface area contributed by atoms with Gasteiger partial charge in [0.2, 0.25) is 0 Å². The van der Waals surface area contributed by atoms with Gasteiger partial charge in [-0.05, 0) is 25.7 Å². The van der Waals surface area contributed by atoms with Crippen LogP contribution in [0.15, 0.2) is 12.7 Å². The molecule has 6 nitrogen and oxygen atoms in total. The maximum Gasteiger partial charge on any atom is 0.330 e. The zero-order chi connectivity index (χ0) is 15.7. The first-order valence-electron chi connectivity index (χ1n) is 6.40. The zero-order valence-corrected chi connectivity index (χ0v) is 11.6. The molecule has 3 atom stereocenters. The molecule has 0 aromatic rings. The molecule has 0 heterocycles. The molecule has 0 rings (SSSR count). The molecule has 20 heavy (non-hydrogen) atoms. The highest BCUT2D eigenvalue weighted by Gasteiger charge is 2.32. The van der Waals surface area contributed by atoms with Crippen molar-refractivity contribution in [3.63, 3.8) is 0 Å². The molecule has 2 N–H and O–H groups in total. The second-order valence-corrected chi connectivity index (χ2v) is 4.67. The van der Waals surface area contributed by atoms with E-state index in [2.05, 4.69) is 13.5 Å². The van der Waals surface area contributed by atoms with E-state index in [1.54, 1.807) is 6.92 Å². The molecule has 0 fully saturated rings. The number of aliphatic carboxylic acids is 2. The maximum absolute atomic E-state index is 11.3. The SMILES string of the molecule is [CH2]C(C)C(OC(=O)C=C)C(CCCCC(=O)O)C(=O)O. The fourth-order valence-corrected chi connectivity index (χ4v) is 1.85. The van der Waals surface area contributed by atoms with Crippen LogP contribution in [0.5, 0.6) is 0 Å². The minimum atomic E-state index is -1.09. The van der Waals surface area contributed by atoms with Crippen LogP contribution in [-0.2, 0) is 19.1 Å². The lowest BCUT2D eigenvalue weighted by Gasteiger charge is -2.26. The standard InChI is InChI=1S/C14H21O6/c1-4-12(17)20-13(9(2)3)10(14(18)19)7-5-6-8-11(15)16/h4,9-10,13H,1-2,5-8H2,3H3,(H,15,16)(H,18,19). The Balaban J connectivity index is 4.65. The van der Waals surface area contributed by atoms with E-state index in [0.29, 0.717) is 12.8 Å². The average Bonchev–Trinajstić information content (AvgIpc) is 2.35. The summed E-state index contributed by atoms with van der Waals surface area (Å²) in [5.74, 6) is -4.00. The number of carboxylic acids is 2.